The van der Waals surface area contributed by atoms with Gasteiger partial charge in [-0.05, 0) is 40.8 Å². The summed E-state index contributed by atoms with van der Waals surface area (Å²) in [6.07, 6.45) is 2.78. The van der Waals surface area contributed by atoms with Crippen LogP contribution in [0.15, 0.2) is 52.3 Å². The van der Waals surface area contributed by atoms with Crippen molar-refractivity contribution in [3.05, 3.63) is 52.3 Å². The Morgan fingerprint density at radius 2 is 2.19 bits per heavy atom. The van der Waals surface area contributed by atoms with Gasteiger partial charge in [0.05, 0.1) is 0 Å². The van der Waals surface area contributed by atoms with Gasteiger partial charge in [-0.1, -0.05) is 24.8 Å². The van der Waals surface area contributed by atoms with E-state index in [0.717, 1.165) is 17.9 Å². The Kier molecular flexibility index (Phi) is 3.88. The van der Waals surface area contributed by atoms with Crippen molar-refractivity contribution in [2.24, 2.45) is 0 Å². The largest absolute Gasteiger partial charge is 0.490 e. The molecule has 1 heterocycles. The van der Waals surface area contributed by atoms with Crippen LogP contribution in [0.5, 0.6) is 5.75 Å². The summed E-state index contributed by atoms with van der Waals surface area (Å²) in [5, 5.41) is 0. The molecule has 1 aliphatic heterocycles. The van der Waals surface area contributed by atoms with Crippen LogP contribution in [0.25, 0.3) is 0 Å². The van der Waals surface area contributed by atoms with Crippen LogP contribution in [0.3, 0.4) is 0 Å². The molecule has 3 heteroatoms. The minimum atomic E-state index is 0.111. The summed E-state index contributed by atoms with van der Waals surface area (Å²) in [5.74, 6) is 1.77. The molecule has 84 valence electrons. The monoisotopic (exact) mass is 328 g/mol. The van der Waals surface area contributed by atoms with Gasteiger partial charge < -0.3 is 9.47 Å². The molecular formula is C13H13IO2. The Morgan fingerprint density at radius 3 is 2.81 bits per heavy atom. The van der Waals surface area contributed by atoms with Crippen LogP contribution in [0.4, 0.5) is 0 Å². The van der Waals surface area contributed by atoms with Crippen molar-refractivity contribution in [3.63, 3.8) is 0 Å². The van der Waals surface area contributed by atoms with E-state index in [1.165, 1.54) is 3.58 Å². The van der Waals surface area contributed by atoms with E-state index in [4.69, 9.17) is 9.47 Å². The molecule has 2 nitrogen and oxygen atoms in total. The van der Waals surface area contributed by atoms with Crippen molar-refractivity contribution in [2.75, 3.05) is 6.61 Å². The van der Waals surface area contributed by atoms with E-state index in [1.54, 1.807) is 6.08 Å². The minimum absolute atomic E-state index is 0.111. The van der Waals surface area contributed by atoms with Crippen molar-refractivity contribution in [1.82, 2.24) is 0 Å². The Morgan fingerprint density at radius 1 is 1.44 bits per heavy atom. The highest BCUT2D eigenvalue weighted by Gasteiger charge is 2.22. The molecule has 2 rings (SSSR count). The first-order chi connectivity index (χ1) is 7.79. The number of rotatable bonds is 4. The zero-order valence-electron chi connectivity index (χ0n) is 8.86. The Bertz CT molecular complexity index is 398. The van der Waals surface area contributed by atoms with Gasteiger partial charge in [-0.2, -0.15) is 0 Å². The molecule has 0 amide bonds. The van der Waals surface area contributed by atoms with Gasteiger partial charge in [-0.25, -0.2) is 0 Å². The third kappa shape index (κ3) is 2.78. The van der Waals surface area contributed by atoms with Crippen LogP contribution in [-0.4, -0.2) is 12.7 Å². The molecule has 0 saturated carbocycles. The zero-order chi connectivity index (χ0) is 11.4. The molecule has 0 saturated heterocycles. The van der Waals surface area contributed by atoms with Crippen LogP contribution in [0.2, 0.25) is 0 Å². The molecule has 1 aliphatic rings. The molecule has 0 N–H and O–H groups in total. The predicted octanol–water partition coefficient (Wildman–Crippen LogP) is 3.69. The molecule has 0 radical (unpaired) electrons. The fourth-order valence-corrected chi connectivity index (χ4v) is 2.38. The lowest BCUT2D eigenvalue weighted by atomic mass is 10.3. The average molecular weight is 328 g/mol. The summed E-state index contributed by atoms with van der Waals surface area (Å²) in [6.45, 7) is 4.29. The molecule has 1 atom stereocenters. The summed E-state index contributed by atoms with van der Waals surface area (Å²) < 4.78 is 12.5. The van der Waals surface area contributed by atoms with Gasteiger partial charge >= 0.3 is 0 Å². The van der Waals surface area contributed by atoms with Gasteiger partial charge in [0.1, 0.15) is 24.2 Å². The quantitative estimate of drug-likeness (QED) is 0.785. The molecule has 1 aromatic carbocycles. The highest BCUT2D eigenvalue weighted by atomic mass is 127. The van der Waals surface area contributed by atoms with Crippen molar-refractivity contribution < 1.29 is 9.47 Å². The first kappa shape index (κ1) is 11.5. The first-order valence-electron chi connectivity index (χ1n) is 5.15. The highest BCUT2D eigenvalue weighted by Crippen LogP contribution is 2.30. The summed E-state index contributed by atoms with van der Waals surface area (Å²) in [6, 6.07) is 9.78. The van der Waals surface area contributed by atoms with Gasteiger partial charge in [0.25, 0.3) is 0 Å². The van der Waals surface area contributed by atoms with E-state index in [0.29, 0.717) is 6.61 Å². The maximum absolute atomic E-state index is 5.67. The van der Waals surface area contributed by atoms with Crippen LogP contribution in [0.1, 0.15) is 6.42 Å². The van der Waals surface area contributed by atoms with Crippen LogP contribution in [0, 0.1) is 0 Å². The van der Waals surface area contributed by atoms with Gasteiger partial charge in [0.2, 0.25) is 0 Å². The Hall–Kier alpha value is -0.970. The highest BCUT2D eigenvalue weighted by molar-refractivity contribution is 14.1. The van der Waals surface area contributed by atoms with E-state index >= 15 is 0 Å². The normalized spacial score (nSPS) is 19.4. The molecule has 1 unspecified atom stereocenters. The summed E-state index contributed by atoms with van der Waals surface area (Å²) >= 11 is 2.29. The molecule has 0 spiro atoms. The smallest absolute Gasteiger partial charge is 0.137 e. The molecular weight excluding hydrogens is 315 g/mol. The molecule has 0 aromatic heterocycles. The van der Waals surface area contributed by atoms with Crippen molar-refractivity contribution in [3.8, 4) is 5.75 Å². The number of hydrogen-bond acceptors (Lipinski definition) is 2. The van der Waals surface area contributed by atoms with E-state index in [-0.39, 0.29) is 6.10 Å². The van der Waals surface area contributed by atoms with Crippen molar-refractivity contribution in [2.45, 2.75) is 12.5 Å². The van der Waals surface area contributed by atoms with Crippen molar-refractivity contribution in [1.29, 1.82) is 0 Å². The second kappa shape index (κ2) is 5.39. The predicted molar refractivity (Wildman–Crippen MR) is 72.7 cm³/mol. The van der Waals surface area contributed by atoms with E-state index in [1.807, 2.05) is 30.3 Å². The van der Waals surface area contributed by atoms with Crippen LogP contribution in [-0.2, 0) is 4.74 Å². The maximum atomic E-state index is 5.67. The number of benzene rings is 1. The molecule has 0 bridgehead atoms. The first-order valence-corrected chi connectivity index (χ1v) is 6.23. The Balaban J connectivity index is 1.84. The topological polar surface area (TPSA) is 18.5 Å². The SMILES string of the molecule is C=CC1=C(I)CC(COc2ccccc2)O1. The molecule has 1 aromatic rings. The third-order valence-electron chi connectivity index (χ3n) is 2.33. The lowest BCUT2D eigenvalue weighted by molar-refractivity contribution is 0.0960. The summed E-state index contributed by atoms with van der Waals surface area (Å²) in [5.41, 5.74) is 0. The average Bonchev–Trinajstić information content (AvgIpc) is 2.69. The summed E-state index contributed by atoms with van der Waals surface area (Å²) in [4.78, 5) is 0. The number of hydrogen-bond donors (Lipinski definition) is 0. The Labute approximate surface area is 109 Å². The standard InChI is InChI=1S/C13H13IO2/c1-2-13-12(14)8-11(16-13)9-15-10-6-4-3-5-7-10/h2-7,11H,1,8-9H2. The van der Waals surface area contributed by atoms with Gasteiger partial charge in [-0.15, -0.1) is 0 Å². The second-order valence-electron chi connectivity index (χ2n) is 3.54. The van der Waals surface area contributed by atoms with Crippen LogP contribution >= 0.6 is 22.6 Å². The van der Waals surface area contributed by atoms with Gasteiger partial charge in [0, 0.05) is 10.0 Å². The second-order valence-corrected chi connectivity index (χ2v) is 4.84. The minimum Gasteiger partial charge on any atom is -0.490 e. The summed E-state index contributed by atoms with van der Waals surface area (Å²) in [7, 11) is 0. The fourth-order valence-electron chi connectivity index (χ4n) is 1.54. The van der Waals surface area contributed by atoms with Gasteiger partial charge in [0.15, 0.2) is 0 Å². The molecule has 0 aliphatic carbocycles. The molecule has 16 heavy (non-hydrogen) atoms. The van der Waals surface area contributed by atoms with Gasteiger partial charge in [-0.3, -0.25) is 0 Å². The lowest BCUT2D eigenvalue weighted by Gasteiger charge is -2.12. The van der Waals surface area contributed by atoms with E-state index in [9.17, 15) is 0 Å². The maximum Gasteiger partial charge on any atom is 0.137 e. The van der Waals surface area contributed by atoms with Crippen LogP contribution < -0.4 is 4.74 Å². The number of para-hydroxylation sites is 1. The molecule has 0 fully saturated rings. The number of ether oxygens (including phenoxy) is 2. The fraction of sp³-hybridized carbons (Fsp3) is 0.231. The number of halogens is 1. The van der Waals surface area contributed by atoms with E-state index < -0.39 is 0 Å². The van der Waals surface area contributed by atoms with Crippen molar-refractivity contribution >= 4 is 22.6 Å². The third-order valence-corrected chi connectivity index (χ3v) is 3.30. The van der Waals surface area contributed by atoms with E-state index in [2.05, 4.69) is 29.2 Å². The number of allylic oxidation sites excluding steroid dienone is 1. The lowest BCUT2D eigenvalue weighted by Crippen LogP contribution is -2.17. The zero-order valence-corrected chi connectivity index (χ0v) is 11.0.